The number of hydrogen-bond donors (Lipinski definition) is 2. The molecule has 0 atom stereocenters. The van der Waals surface area contributed by atoms with Crippen LogP contribution in [0.2, 0.25) is 5.02 Å². The van der Waals surface area contributed by atoms with Gasteiger partial charge in [0.25, 0.3) is 5.91 Å². The molecule has 4 rings (SSSR count). The number of nitrogens with one attached hydrogen (secondary N) is 2. The Hall–Kier alpha value is -4.21. The minimum Gasteiger partial charge on any atom is -0.350 e. The number of halogens is 3. The minimum atomic E-state index is -0.941. The van der Waals surface area contributed by atoms with Gasteiger partial charge in [-0.3, -0.25) is 9.89 Å². The molecule has 0 bridgehead atoms. The highest BCUT2D eigenvalue weighted by molar-refractivity contribution is 6.34. The van der Waals surface area contributed by atoms with E-state index in [2.05, 4.69) is 27.7 Å². The fourth-order valence-corrected chi connectivity index (χ4v) is 4.54. The Morgan fingerprint density at radius 1 is 1.17 bits per heavy atom. The molecule has 35 heavy (non-hydrogen) atoms. The number of benzene rings is 2. The zero-order valence-corrected chi connectivity index (χ0v) is 20.0. The van der Waals surface area contributed by atoms with Crippen molar-refractivity contribution < 1.29 is 13.6 Å². The lowest BCUT2D eigenvalue weighted by Crippen LogP contribution is -2.26. The van der Waals surface area contributed by atoms with E-state index >= 15 is 4.39 Å². The second kappa shape index (κ2) is 8.86. The summed E-state index contributed by atoms with van der Waals surface area (Å²) < 4.78 is 29.9. The zero-order valence-electron chi connectivity index (χ0n) is 19.2. The molecule has 1 aliphatic rings. The first-order valence-corrected chi connectivity index (χ1v) is 10.9. The Morgan fingerprint density at radius 2 is 1.80 bits per heavy atom. The van der Waals surface area contributed by atoms with E-state index in [0.29, 0.717) is 22.3 Å². The summed E-state index contributed by atoms with van der Waals surface area (Å²) in [6, 6.07) is 9.57. The lowest BCUT2D eigenvalue weighted by atomic mass is 9.80. The molecule has 2 heterocycles. The van der Waals surface area contributed by atoms with Crippen molar-refractivity contribution in [2.45, 2.75) is 26.7 Å². The molecular formula is C25H19ClF2N6O. The van der Waals surface area contributed by atoms with Crippen molar-refractivity contribution in [2.75, 3.05) is 12.4 Å². The summed E-state index contributed by atoms with van der Waals surface area (Å²) in [4.78, 5) is 14.5. The Kier molecular flexibility index (Phi) is 6.06. The summed E-state index contributed by atoms with van der Waals surface area (Å²) in [6.45, 7) is 4.99. The summed E-state index contributed by atoms with van der Waals surface area (Å²) in [6.07, 6.45) is 0. The fraction of sp³-hybridized carbons (Fsp3) is 0.200. The molecule has 3 aromatic rings. The molecule has 7 nitrogen and oxygen atoms in total. The van der Waals surface area contributed by atoms with E-state index in [1.807, 2.05) is 0 Å². The Labute approximate surface area is 204 Å². The fourth-order valence-electron chi connectivity index (χ4n) is 4.29. The van der Waals surface area contributed by atoms with Gasteiger partial charge in [0.15, 0.2) is 5.82 Å². The summed E-state index contributed by atoms with van der Waals surface area (Å²) in [5.74, 6) is -3.15. The predicted molar refractivity (Wildman–Crippen MR) is 127 cm³/mol. The summed E-state index contributed by atoms with van der Waals surface area (Å²) >= 11 is 6.00. The minimum absolute atomic E-state index is 0.0278. The van der Waals surface area contributed by atoms with Gasteiger partial charge in [0.2, 0.25) is 0 Å². The van der Waals surface area contributed by atoms with Gasteiger partial charge in [-0.2, -0.15) is 15.6 Å². The third-order valence-electron chi connectivity index (χ3n) is 6.40. The van der Waals surface area contributed by atoms with Gasteiger partial charge in [-0.05, 0) is 39.0 Å². The molecule has 0 fully saturated rings. The number of amides is 1. The van der Waals surface area contributed by atoms with Crippen LogP contribution in [0.3, 0.4) is 0 Å². The maximum atomic E-state index is 15.6. The van der Waals surface area contributed by atoms with Crippen LogP contribution in [0.5, 0.6) is 0 Å². The topological polar surface area (TPSA) is 109 Å². The number of nitriles is 2. The molecule has 0 aliphatic carbocycles. The Bertz CT molecular complexity index is 1500. The molecule has 10 heteroatoms. The number of aromatic amines is 1. The molecule has 0 radical (unpaired) electrons. The van der Waals surface area contributed by atoms with Crippen LogP contribution in [0.25, 0.3) is 10.9 Å². The highest BCUT2D eigenvalue weighted by Gasteiger charge is 2.35. The van der Waals surface area contributed by atoms with Crippen molar-refractivity contribution in [1.29, 1.82) is 10.5 Å². The average molecular weight is 493 g/mol. The number of anilines is 1. The molecular weight excluding hydrogens is 474 g/mol. The maximum absolute atomic E-state index is 15.6. The molecule has 1 amide bonds. The third kappa shape index (κ3) is 3.71. The maximum Gasteiger partial charge on any atom is 0.261 e. The van der Waals surface area contributed by atoms with Crippen molar-refractivity contribution >= 4 is 34.2 Å². The van der Waals surface area contributed by atoms with Gasteiger partial charge in [0.05, 0.1) is 45.3 Å². The molecule has 0 unspecified atom stereocenters. The van der Waals surface area contributed by atoms with Crippen LogP contribution in [0, 0.1) is 41.2 Å². The van der Waals surface area contributed by atoms with Gasteiger partial charge in [-0.1, -0.05) is 17.7 Å². The van der Waals surface area contributed by atoms with Gasteiger partial charge in [-0.15, -0.1) is 0 Å². The van der Waals surface area contributed by atoms with Crippen molar-refractivity contribution in [1.82, 2.24) is 15.1 Å². The SMILES string of the molecule is CC1=C(C#N)C(c2cc3c(NC(=O)c4c(F)cccc4Cl)n[nH]c3c(C)c2F)C(C#N)=C(C)N1C. The zero-order chi connectivity index (χ0) is 25.6. The lowest BCUT2D eigenvalue weighted by molar-refractivity contribution is 0.102. The number of nitrogens with zero attached hydrogens (tertiary/aromatic N) is 4. The molecule has 1 aliphatic heterocycles. The van der Waals surface area contributed by atoms with Crippen molar-refractivity contribution in [3.05, 3.63) is 80.2 Å². The van der Waals surface area contributed by atoms with Gasteiger partial charge in [0, 0.05) is 35.0 Å². The van der Waals surface area contributed by atoms with E-state index in [0.717, 1.165) is 6.07 Å². The smallest absolute Gasteiger partial charge is 0.261 e. The second-order valence-corrected chi connectivity index (χ2v) is 8.57. The second-order valence-electron chi connectivity index (χ2n) is 8.16. The van der Waals surface area contributed by atoms with Gasteiger partial charge in [0.1, 0.15) is 11.6 Å². The molecule has 2 N–H and O–H groups in total. The van der Waals surface area contributed by atoms with E-state index in [1.54, 1.807) is 25.8 Å². The molecule has 0 saturated heterocycles. The van der Waals surface area contributed by atoms with Crippen LogP contribution in [0.15, 0.2) is 46.8 Å². The molecule has 1 aromatic heterocycles. The lowest BCUT2D eigenvalue weighted by Gasteiger charge is -2.33. The summed E-state index contributed by atoms with van der Waals surface area (Å²) in [5.41, 5.74) is 1.91. The highest BCUT2D eigenvalue weighted by Crippen LogP contribution is 2.43. The Balaban J connectivity index is 1.90. The van der Waals surface area contributed by atoms with E-state index < -0.39 is 23.5 Å². The van der Waals surface area contributed by atoms with E-state index in [-0.39, 0.29) is 38.7 Å². The van der Waals surface area contributed by atoms with Crippen molar-refractivity contribution in [2.24, 2.45) is 0 Å². The average Bonchev–Trinajstić information content (AvgIpc) is 3.22. The number of aromatic nitrogens is 2. The highest BCUT2D eigenvalue weighted by atomic mass is 35.5. The monoisotopic (exact) mass is 492 g/mol. The van der Waals surface area contributed by atoms with Crippen LogP contribution >= 0.6 is 11.6 Å². The first-order valence-electron chi connectivity index (χ1n) is 10.5. The number of hydrogen-bond acceptors (Lipinski definition) is 5. The van der Waals surface area contributed by atoms with Crippen molar-refractivity contribution in [3.8, 4) is 12.1 Å². The normalized spacial score (nSPS) is 14.4. The van der Waals surface area contributed by atoms with E-state index in [1.165, 1.54) is 25.1 Å². The standard InChI is InChI=1S/C25H19ClF2N6O/c1-11-22(28)14(20-16(9-29)12(2)34(4)13(3)17(20)10-30)8-15-23(11)32-33-24(15)31-25(35)21-18(26)6-5-7-19(21)27/h5-8,20H,1-4H3,(H2,31,32,33,35). The first kappa shape index (κ1) is 23.9. The number of H-pyrrole nitrogens is 1. The van der Waals surface area contributed by atoms with Crippen LogP contribution in [0.4, 0.5) is 14.6 Å². The number of carbonyl (C=O) groups is 1. The van der Waals surface area contributed by atoms with Gasteiger partial charge < -0.3 is 10.2 Å². The Morgan fingerprint density at radius 3 is 2.37 bits per heavy atom. The summed E-state index contributed by atoms with van der Waals surface area (Å²) in [7, 11) is 1.73. The molecule has 0 spiro atoms. The molecule has 176 valence electrons. The van der Waals surface area contributed by atoms with Crippen LogP contribution < -0.4 is 5.32 Å². The molecule has 0 saturated carbocycles. The number of allylic oxidation sites excluding steroid dienone is 4. The third-order valence-corrected chi connectivity index (χ3v) is 6.71. The van der Waals surface area contributed by atoms with Crippen molar-refractivity contribution in [3.63, 3.8) is 0 Å². The van der Waals surface area contributed by atoms with Gasteiger partial charge in [-0.25, -0.2) is 8.78 Å². The number of fused-ring (bicyclic) bond motifs is 1. The van der Waals surface area contributed by atoms with Crippen LogP contribution in [-0.4, -0.2) is 28.1 Å². The van der Waals surface area contributed by atoms with Crippen LogP contribution in [-0.2, 0) is 0 Å². The first-order chi connectivity index (χ1) is 16.6. The predicted octanol–water partition coefficient (Wildman–Crippen LogP) is 5.68. The van der Waals surface area contributed by atoms with Crippen LogP contribution in [0.1, 0.15) is 41.3 Å². The number of rotatable bonds is 3. The van der Waals surface area contributed by atoms with Gasteiger partial charge >= 0.3 is 0 Å². The van der Waals surface area contributed by atoms with E-state index in [9.17, 15) is 19.7 Å². The summed E-state index contributed by atoms with van der Waals surface area (Å²) in [5, 5.41) is 29.3. The van der Waals surface area contributed by atoms with E-state index in [4.69, 9.17) is 11.6 Å². The number of carbonyl (C=O) groups excluding carboxylic acids is 1. The number of aryl methyl sites for hydroxylation is 1. The largest absolute Gasteiger partial charge is 0.350 e. The quantitative estimate of drug-likeness (QED) is 0.489. The molecule has 2 aromatic carbocycles.